The van der Waals surface area contributed by atoms with Crippen LogP contribution in [0.5, 0.6) is 0 Å². The standard InChI is InChI=1S/C13H23BN2O2/c1-7-11-10(9-15-16(11)8-2)14-17-12(3,4)13(5,6)18-14/h9H,7-8H2,1-6H3. The lowest BCUT2D eigenvalue weighted by Gasteiger charge is -2.32. The number of aromatic nitrogens is 2. The highest BCUT2D eigenvalue weighted by Crippen LogP contribution is 2.36. The Labute approximate surface area is 110 Å². The van der Waals surface area contributed by atoms with E-state index in [0.29, 0.717) is 0 Å². The van der Waals surface area contributed by atoms with Gasteiger partial charge in [0, 0.05) is 23.9 Å². The molecule has 1 saturated heterocycles. The van der Waals surface area contributed by atoms with Crippen molar-refractivity contribution in [2.75, 3.05) is 0 Å². The fourth-order valence-corrected chi connectivity index (χ4v) is 2.25. The van der Waals surface area contributed by atoms with Crippen LogP contribution in [0.15, 0.2) is 6.20 Å². The van der Waals surface area contributed by atoms with Crippen molar-refractivity contribution in [1.29, 1.82) is 0 Å². The highest BCUT2D eigenvalue weighted by Gasteiger charge is 2.52. The predicted molar refractivity (Wildman–Crippen MR) is 73.0 cm³/mol. The SMILES string of the molecule is CCc1c(B2OC(C)(C)C(C)(C)O2)cnn1CC. The molecule has 0 unspecified atom stereocenters. The van der Waals surface area contributed by atoms with E-state index in [1.807, 2.05) is 10.9 Å². The van der Waals surface area contributed by atoms with Crippen LogP contribution in [0.1, 0.15) is 47.2 Å². The minimum atomic E-state index is -0.301. The van der Waals surface area contributed by atoms with Gasteiger partial charge >= 0.3 is 7.12 Å². The average Bonchev–Trinajstić information content (AvgIpc) is 2.77. The third kappa shape index (κ3) is 1.99. The van der Waals surface area contributed by atoms with Crippen molar-refractivity contribution in [3.05, 3.63) is 11.9 Å². The molecule has 0 radical (unpaired) electrons. The largest absolute Gasteiger partial charge is 0.498 e. The van der Waals surface area contributed by atoms with Gasteiger partial charge in [0.15, 0.2) is 0 Å². The molecule has 4 nitrogen and oxygen atoms in total. The van der Waals surface area contributed by atoms with Crippen LogP contribution in [-0.2, 0) is 22.3 Å². The van der Waals surface area contributed by atoms with Crippen molar-refractivity contribution in [2.45, 2.75) is 65.7 Å². The van der Waals surface area contributed by atoms with Crippen molar-refractivity contribution in [3.63, 3.8) is 0 Å². The van der Waals surface area contributed by atoms with Crippen molar-refractivity contribution in [3.8, 4) is 0 Å². The lowest BCUT2D eigenvalue weighted by atomic mass is 9.79. The maximum atomic E-state index is 6.07. The van der Waals surface area contributed by atoms with Gasteiger partial charge in [-0.25, -0.2) is 0 Å². The first-order valence-electron chi connectivity index (χ1n) is 6.72. The molecule has 2 rings (SSSR count). The van der Waals surface area contributed by atoms with E-state index in [-0.39, 0.29) is 18.3 Å². The molecule has 5 heteroatoms. The van der Waals surface area contributed by atoms with Crippen LogP contribution in [0.25, 0.3) is 0 Å². The smallest absolute Gasteiger partial charge is 0.399 e. The Bertz CT molecular complexity index is 424. The summed E-state index contributed by atoms with van der Waals surface area (Å²) in [4.78, 5) is 0. The van der Waals surface area contributed by atoms with Crippen molar-refractivity contribution >= 4 is 12.6 Å². The average molecular weight is 250 g/mol. The van der Waals surface area contributed by atoms with Crippen molar-refractivity contribution in [1.82, 2.24) is 9.78 Å². The van der Waals surface area contributed by atoms with E-state index < -0.39 is 0 Å². The summed E-state index contributed by atoms with van der Waals surface area (Å²) in [6, 6.07) is 0. The first-order valence-corrected chi connectivity index (χ1v) is 6.72. The zero-order chi connectivity index (χ0) is 13.6. The molecular formula is C13H23BN2O2. The van der Waals surface area contributed by atoms with Crippen LogP contribution in [0.3, 0.4) is 0 Å². The Morgan fingerprint density at radius 3 is 2.17 bits per heavy atom. The topological polar surface area (TPSA) is 36.3 Å². The monoisotopic (exact) mass is 250 g/mol. The first-order chi connectivity index (χ1) is 8.32. The van der Waals surface area contributed by atoms with Gasteiger partial charge in [0.2, 0.25) is 0 Å². The van der Waals surface area contributed by atoms with Gasteiger partial charge in [0.25, 0.3) is 0 Å². The maximum Gasteiger partial charge on any atom is 0.498 e. The number of nitrogens with zero attached hydrogens (tertiary/aromatic N) is 2. The van der Waals surface area contributed by atoms with E-state index in [4.69, 9.17) is 9.31 Å². The minimum absolute atomic E-state index is 0.295. The summed E-state index contributed by atoms with van der Waals surface area (Å²) in [7, 11) is -0.301. The van der Waals surface area contributed by atoms with Gasteiger partial charge < -0.3 is 9.31 Å². The van der Waals surface area contributed by atoms with Gasteiger partial charge in [-0.1, -0.05) is 6.92 Å². The third-order valence-corrected chi connectivity index (χ3v) is 4.12. The van der Waals surface area contributed by atoms with Gasteiger partial charge in [-0.3, -0.25) is 4.68 Å². The highest BCUT2D eigenvalue weighted by atomic mass is 16.7. The molecule has 1 aliphatic heterocycles. The van der Waals surface area contributed by atoms with E-state index in [9.17, 15) is 0 Å². The summed E-state index contributed by atoms with van der Waals surface area (Å²) in [5.41, 5.74) is 1.68. The molecule has 0 saturated carbocycles. The molecule has 0 bridgehead atoms. The summed E-state index contributed by atoms with van der Waals surface area (Å²) in [5, 5.41) is 4.40. The zero-order valence-electron chi connectivity index (χ0n) is 12.3. The van der Waals surface area contributed by atoms with Gasteiger partial charge in [-0.05, 0) is 41.0 Å². The molecule has 0 atom stereocenters. The second-order valence-corrected chi connectivity index (χ2v) is 5.80. The normalized spacial score (nSPS) is 21.6. The van der Waals surface area contributed by atoms with Crippen molar-refractivity contribution < 1.29 is 9.31 Å². The molecule has 1 aliphatic rings. The van der Waals surface area contributed by atoms with Gasteiger partial charge in [0.05, 0.1) is 11.2 Å². The minimum Gasteiger partial charge on any atom is -0.399 e. The van der Waals surface area contributed by atoms with Gasteiger partial charge in [0.1, 0.15) is 0 Å². The molecule has 0 aromatic carbocycles. The maximum absolute atomic E-state index is 6.07. The molecule has 0 aliphatic carbocycles. The molecule has 1 fully saturated rings. The number of hydrogen-bond donors (Lipinski definition) is 0. The lowest BCUT2D eigenvalue weighted by molar-refractivity contribution is 0.00578. The van der Waals surface area contributed by atoms with Crippen LogP contribution in [0.4, 0.5) is 0 Å². The van der Waals surface area contributed by atoms with Crippen LogP contribution in [0, 0.1) is 0 Å². The van der Waals surface area contributed by atoms with E-state index in [2.05, 4.69) is 46.6 Å². The molecule has 1 aromatic rings. The fourth-order valence-electron chi connectivity index (χ4n) is 2.25. The van der Waals surface area contributed by atoms with Crippen LogP contribution < -0.4 is 5.46 Å². The van der Waals surface area contributed by atoms with Crippen LogP contribution in [-0.4, -0.2) is 28.1 Å². The molecule has 1 aromatic heterocycles. The van der Waals surface area contributed by atoms with E-state index in [1.165, 1.54) is 5.69 Å². The third-order valence-electron chi connectivity index (χ3n) is 4.12. The summed E-state index contributed by atoms with van der Waals surface area (Å²) in [6.45, 7) is 13.4. The fraction of sp³-hybridized carbons (Fsp3) is 0.769. The Kier molecular flexibility index (Phi) is 3.32. The predicted octanol–water partition coefficient (Wildman–Crippen LogP) is 1.76. The van der Waals surface area contributed by atoms with E-state index >= 15 is 0 Å². The summed E-state index contributed by atoms with van der Waals surface area (Å²) in [6.07, 6.45) is 2.82. The molecule has 0 N–H and O–H groups in total. The number of aryl methyl sites for hydroxylation is 1. The Balaban J connectivity index is 2.32. The molecule has 100 valence electrons. The molecule has 18 heavy (non-hydrogen) atoms. The Hall–Kier alpha value is -0.805. The summed E-state index contributed by atoms with van der Waals surface area (Å²) >= 11 is 0. The second kappa shape index (κ2) is 4.39. The summed E-state index contributed by atoms with van der Waals surface area (Å²) < 4.78 is 14.2. The van der Waals surface area contributed by atoms with Crippen LogP contribution >= 0.6 is 0 Å². The Morgan fingerprint density at radius 2 is 1.72 bits per heavy atom. The quantitative estimate of drug-likeness (QED) is 0.767. The number of rotatable bonds is 3. The second-order valence-electron chi connectivity index (χ2n) is 5.80. The van der Waals surface area contributed by atoms with E-state index in [1.54, 1.807) is 0 Å². The highest BCUT2D eigenvalue weighted by molar-refractivity contribution is 6.62. The molecule has 2 heterocycles. The number of hydrogen-bond acceptors (Lipinski definition) is 3. The molecular weight excluding hydrogens is 227 g/mol. The Morgan fingerprint density at radius 1 is 1.17 bits per heavy atom. The lowest BCUT2D eigenvalue weighted by Crippen LogP contribution is -2.41. The molecule has 0 spiro atoms. The first kappa shape index (κ1) is 13.6. The van der Waals surface area contributed by atoms with Gasteiger partial charge in [-0.2, -0.15) is 5.10 Å². The van der Waals surface area contributed by atoms with Gasteiger partial charge in [-0.15, -0.1) is 0 Å². The molecule has 0 amide bonds. The van der Waals surface area contributed by atoms with Crippen LogP contribution in [0.2, 0.25) is 0 Å². The van der Waals surface area contributed by atoms with Crippen molar-refractivity contribution in [2.24, 2.45) is 0 Å². The summed E-state index contributed by atoms with van der Waals surface area (Å²) in [5.74, 6) is 0. The van der Waals surface area contributed by atoms with E-state index in [0.717, 1.165) is 18.4 Å². The zero-order valence-corrected chi connectivity index (χ0v) is 12.3.